The minimum Gasteiger partial charge on any atom is -0.494 e. The highest BCUT2D eigenvalue weighted by molar-refractivity contribution is 7.92. The van der Waals surface area contributed by atoms with Gasteiger partial charge in [0.25, 0.3) is 21.6 Å². The van der Waals surface area contributed by atoms with E-state index < -0.39 is 20.9 Å². The molecule has 160 valence electrons. The average molecular weight is 462 g/mol. The number of ether oxygens (including phenoxy) is 1. The molecule has 0 bridgehead atoms. The molecular formula is C20H16ClN3O6S. The zero-order chi connectivity index (χ0) is 22.6. The molecule has 0 aromatic heterocycles. The monoisotopic (exact) mass is 461 g/mol. The number of nitro groups is 1. The molecule has 0 aliphatic heterocycles. The Morgan fingerprint density at radius 2 is 1.71 bits per heavy atom. The predicted molar refractivity (Wildman–Crippen MR) is 116 cm³/mol. The molecule has 0 aliphatic rings. The standard InChI is InChI=1S/C20H16ClN3O6S/c1-30-19-12-14(24(26)27)8-11-18(19)22-20(25)16-4-2-3-5-17(16)23-31(28,29)15-9-6-13(21)7-10-15/h2-12,23H,1H3,(H,22,25). The Morgan fingerprint density at radius 1 is 1.03 bits per heavy atom. The number of nitrogens with one attached hydrogen (secondary N) is 2. The molecule has 9 nitrogen and oxygen atoms in total. The van der Waals surface area contributed by atoms with Crippen LogP contribution in [0.2, 0.25) is 5.02 Å². The van der Waals surface area contributed by atoms with E-state index >= 15 is 0 Å². The summed E-state index contributed by atoms with van der Waals surface area (Å²) in [6.07, 6.45) is 0. The number of carbonyl (C=O) groups excluding carboxylic acids is 1. The number of halogens is 1. The molecule has 0 radical (unpaired) electrons. The first kappa shape index (κ1) is 22.1. The number of amides is 1. The minimum absolute atomic E-state index is 0.0239. The van der Waals surface area contributed by atoms with E-state index in [9.17, 15) is 23.3 Å². The summed E-state index contributed by atoms with van der Waals surface area (Å²) in [6, 6.07) is 15.3. The van der Waals surface area contributed by atoms with Crippen molar-refractivity contribution in [3.05, 3.63) is 87.4 Å². The molecule has 0 aliphatic carbocycles. The highest BCUT2D eigenvalue weighted by atomic mass is 35.5. The van der Waals surface area contributed by atoms with E-state index in [-0.39, 0.29) is 33.3 Å². The van der Waals surface area contributed by atoms with Crippen molar-refractivity contribution in [1.82, 2.24) is 0 Å². The average Bonchev–Trinajstić information content (AvgIpc) is 2.74. The molecular weight excluding hydrogens is 446 g/mol. The topological polar surface area (TPSA) is 128 Å². The van der Waals surface area contributed by atoms with Gasteiger partial charge in [-0.1, -0.05) is 23.7 Å². The summed E-state index contributed by atoms with van der Waals surface area (Å²) in [6.45, 7) is 0. The summed E-state index contributed by atoms with van der Waals surface area (Å²) < 4.78 is 32.9. The van der Waals surface area contributed by atoms with Crippen molar-refractivity contribution < 1.29 is 22.9 Å². The van der Waals surface area contributed by atoms with Gasteiger partial charge in [0.05, 0.1) is 39.9 Å². The molecule has 0 heterocycles. The molecule has 3 rings (SSSR count). The maximum atomic E-state index is 12.8. The largest absolute Gasteiger partial charge is 0.494 e. The Balaban J connectivity index is 1.89. The summed E-state index contributed by atoms with van der Waals surface area (Å²) >= 11 is 5.80. The summed E-state index contributed by atoms with van der Waals surface area (Å²) in [5, 5.41) is 13.9. The van der Waals surface area contributed by atoms with Crippen molar-refractivity contribution in [2.24, 2.45) is 0 Å². The lowest BCUT2D eigenvalue weighted by Gasteiger charge is -2.14. The third kappa shape index (κ3) is 5.11. The van der Waals surface area contributed by atoms with Gasteiger partial charge in [-0.2, -0.15) is 0 Å². The third-order valence-corrected chi connectivity index (χ3v) is 5.82. The number of non-ortho nitro benzene ring substituents is 1. The Hall–Kier alpha value is -3.63. The van der Waals surface area contributed by atoms with Crippen molar-refractivity contribution in [3.8, 4) is 5.75 Å². The second kappa shape index (κ2) is 9.02. The van der Waals surface area contributed by atoms with Crippen LogP contribution in [0.15, 0.2) is 71.6 Å². The summed E-state index contributed by atoms with van der Waals surface area (Å²) in [7, 11) is -2.67. The van der Waals surface area contributed by atoms with Crippen LogP contribution in [0.4, 0.5) is 17.1 Å². The molecule has 11 heteroatoms. The molecule has 31 heavy (non-hydrogen) atoms. The number of sulfonamides is 1. The molecule has 0 atom stereocenters. The number of methoxy groups -OCH3 is 1. The van der Waals surface area contributed by atoms with Crippen molar-refractivity contribution in [2.45, 2.75) is 4.90 Å². The van der Waals surface area contributed by atoms with Gasteiger partial charge < -0.3 is 10.1 Å². The molecule has 0 saturated heterocycles. The highest BCUT2D eigenvalue weighted by Crippen LogP contribution is 2.30. The maximum Gasteiger partial charge on any atom is 0.273 e. The quantitative estimate of drug-likeness (QED) is 0.398. The number of benzene rings is 3. The first-order valence-corrected chi connectivity index (χ1v) is 10.6. The van der Waals surface area contributed by atoms with Crippen LogP contribution in [-0.4, -0.2) is 26.4 Å². The summed E-state index contributed by atoms with van der Waals surface area (Å²) in [4.78, 5) is 23.2. The number of hydrogen-bond acceptors (Lipinski definition) is 6. The second-order valence-electron chi connectivity index (χ2n) is 6.20. The normalized spacial score (nSPS) is 10.9. The van der Waals surface area contributed by atoms with E-state index in [0.717, 1.165) is 0 Å². The molecule has 1 amide bonds. The highest BCUT2D eigenvalue weighted by Gasteiger charge is 2.20. The van der Waals surface area contributed by atoms with Crippen molar-refractivity contribution in [3.63, 3.8) is 0 Å². The van der Waals surface area contributed by atoms with Crippen molar-refractivity contribution in [2.75, 3.05) is 17.1 Å². The van der Waals surface area contributed by atoms with Crippen LogP contribution in [0.5, 0.6) is 5.75 Å². The van der Waals surface area contributed by atoms with Crippen LogP contribution in [0.25, 0.3) is 0 Å². The minimum atomic E-state index is -3.98. The number of nitrogens with zero attached hydrogens (tertiary/aromatic N) is 1. The molecule has 3 aromatic carbocycles. The lowest BCUT2D eigenvalue weighted by atomic mass is 10.1. The van der Waals surface area contributed by atoms with Gasteiger partial charge in [-0.25, -0.2) is 8.42 Å². The zero-order valence-corrected chi connectivity index (χ0v) is 17.6. The number of carbonyl (C=O) groups is 1. The fraction of sp³-hybridized carbons (Fsp3) is 0.0500. The summed E-state index contributed by atoms with van der Waals surface area (Å²) in [5.41, 5.74) is 0.0794. The van der Waals surface area contributed by atoms with Gasteiger partial charge in [0.2, 0.25) is 0 Å². The maximum absolute atomic E-state index is 12.8. The van der Waals surface area contributed by atoms with E-state index in [1.54, 1.807) is 12.1 Å². The zero-order valence-electron chi connectivity index (χ0n) is 16.0. The van der Waals surface area contributed by atoms with Crippen LogP contribution < -0.4 is 14.8 Å². The van der Waals surface area contributed by atoms with E-state index in [4.69, 9.17) is 16.3 Å². The number of para-hydroxylation sites is 1. The van der Waals surface area contributed by atoms with Crippen LogP contribution in [0, 0.1) is 10.1 Å². The molecule has 0 fully saturated rings. The number of rotatable bonds is 7. The molecule has 0 saturated carbocycles. The van der Waals surface area contributed by atoms with Gasteiger partial charge in [-0.05, 0) is 42.5 Å². The van der Waals surface area contributed by atoms with E-state index in [2.05, 4.69) is 10.0 Å². The fourth-order valence-corrected chi connectivity index (χ4v) is 3.88. The van der Waals surface area contributed by atoms with Crippen LogP contribution in [-0.2, 0) is 10.0 Å². The second-order valence-corrected chi connectivity index (χ2v) is 8.32. The first-order valence-electron chi connectivity index (χ1n) is 8.72. The first-order chi connectivity index (χ1) is 14.7. The van der Waals surface area contributed by atoms with E-state index in [1.165, 1.54) is 61.7 Å². The van der Waals surface area contributed by atoms with Crippen LogP contribution in [0.1, 0.15) is 10.4 Å². The van der Waals surface area contributed by atoms with E-state index in [1.807, 2.05) is 0 Å². The van der Waals surface area contributed by atoms with Crippen molar-refractivity contribution in [1.29, 1.82) is 0 Å². The predicted octanol–water partition coefficient (Wildman–Crippen LogP) is 4.31. The third-order valence-electron chi connectivity index (χ3n) is 4.18. The van der Waals surface area contributed by atoms with Gasteiger partial charge in [0.1, 0.15) is 5.75 Å². The Morgan fingerprint density at radius 3 is 2.35 bits per heavy atom. The van der Waals surface area contributed by atoms with Crippen LogP contribution in [0.3, 0.4) is 0 Å². The van der Waals surface area contributed by atoms with Crippen LogP contribution >= 0.6 is 11.6 Å². The molecule has 0 unspecified atom stereocenters. The lowest BCUT2D eigenvalue weighted by Crippen LogP contribution is -2.19. The van der Waals surface area contributed by atoms with Gasteiger partial charge >= 0.3 is 0 Å². The molecule has 0 spiro atoms. The fourth-order valence-electron chi connectivity index (χ4n) is 2.67. The Bertz CT molecular complexity index is 1250. The smallest absolute Gasteiger partial charge is 0.273 e. The van der Waals surface area contributed by atoms with Gasteiger partial charge in [0, 0.05) is 11.1 Å². The number of nitro benzene ring substituents is 1. The molecule has 2 N–H and O–H groups in total. The van der Waals surface area contributed by atoms with Gasteiger partial charge in [-0.15, -0.1) is 0 Å². The summed E-state index contributed by atoms with van der Waals surface area (Å²) in [5.74, 6) is -0.552. The number of anilines is 2. The Kier molecular flexibility index (Phi) is 6.42. The van der Waals surface area contributed by atoms with Crippen molar-refractivity contribution >= 4 is 44.6 Å². The Labute approximate surface area is 182 Å². The van der Waals surface area contributed by atoms with E-state index in [0.29, 0.717) is 5.02 Å². The van der Waals surface area contributed by atoms with Gasteiger partial charge in [0.15, 0.2) is 0 Å². The number of hydrogen-bond donors (Lipinski definition) is 2. The van der Waals surface area contributed by atoms with Gasteiger partial charge in [-0.3, -0.25) is 19.6 Å². The lowest BCUT2D eigenvalue weighted by molar-refractivity contribution is -0.384. The SMILES string of the molecule is COc1cc([N+](=O)[O-])ccc1NC(=O)c1ccccc1NS(=O)(=O)c1ccc(Cl)cc1. The molecule has 3 aromatic rings.